The summed E-state index contributed by atoms with van der Waals surface area (Å²) in [6.45, 7) is 10.4. The van der Waals surface area contributed by atoms with Gasteiger partial charge >= 0.3 is 12.1 Å². The first-order chi connectivity index (χ1) is 22.2. The molecule has 3 heterocycles. The van der Waals surface area contributed by atoms with Crippen molar-refractivity contribution < 1.29 is 19.1 Å². The van der Waals surface area contributed by atoms with Crippen LogP contribution in [0.2, 0.25) is 10.0 Å². The number of piperidine rings is 2. The van der Waals surface area contributed by atoms with Crippen molar-refractivity contribution in [2.45, 2.75) is 70.9 Å². The number of amides is 4. The van der Waals surface area contributed by atoms with Crippen molar-refractivity contribution in [1.82, 2.24) is 19.6 Å². The van der Waals surface area contributed by atoms with E-state index >= 15 is 0 Å². The van der Waals surface area contributed by atoms with Gasteiger partial charge < -0.3 is 29.7 Å². The number of carbonyl (C=O) groups excluding carboxylic acids is 3. The molecule has 0 aromatic heterocycles. The lowest BCUT2D eigenvalue weighted by molar-refractivity contribution is -0.142. The number of nitrogens with one attached hydrogen (secondary N) is 1. The Hall–Kier alpha value is -3.01. The van der Waals surface area contributed by atoms with E-state index in [1.54, 1.807) is 17.0 Å². The molecule has 0 saturated carbocycles. The average molecular weight is 673 g/mol. The summed E-state index contributed by atoms with van der Waals surface area (Å²) in [6, 6.07) is 13.1. The van der Waals surface area contributed by atoms with Crippen LogP contribution in [0.5, 0.6) is 0 Å². The zero-order chi connectivity index (χ0) is 32.6. The Labute approximate surface area is 283 Å². The number of urea groups is 1. The van der Waals surface area contributed by atoms with Crippen LogP contribution in [-0.4, -0.2) is 102 Å². The molecule has 1 N–H and O–H groups in total. The Morgan fingerprint density at radius 3 is 2.33 bits per heavy atom. The fourth-order valence-electron chi connectivity index (χ4n) is 6.91. The fraction of sp³-hybridized carbons (Fsp3) is 0.571. The second kappa shape index (κ2) is 16.2. The largest absolute Gasteiger partial charge is 0.436 e. The lowest BCUT2D eigenvalue weighted by Crippen LogP contribution is -2.51. The number of benzene rings is 2. The molecular formula is C35H47Cl2N5O4. The molecule has 2 aromatic rings. The van der Waals surface area contributed by atoms with Gasteiger partial charge in [-0.25, -0.2) is 9.59 Å². The smallest absolute Gasteiger partial charge is 0.410 e. The van der Waals surface area contributed by atoms with Gasteiger partial charge in [0.25, 0.3) is 5.91 Å². The van der Waals surface area contributed by atoms with E-state index in [0.29, 0.717) is 61.5 Å². The average Bonchev–Trinajstić information content (AvgIpc) is 3.24. The van der Waals surface area contributed by atoms with Crippen molar-refractivity contribution >= 4 is 46.9 Å². The Morgan fingerprint density at radius 2 is 1.63 bits per heavy atom. The predicted molar refractivity (Wildman–Crippen MR) is 183 cm³/mol. The van der Waals surface area contributed by atoms with Gasteiger partial charge in [-0.3, -0.25) is 4.79 Å². The molecule has 0 unspecified atom stereocenters. The third-order valence-corrected chi connectivity index (χ3v) is 10.6. The Morgan fingerprint density at radius 1 is 0.935 bits per heavy atom. The van der Waals surface area contributed by atoms with Crippen molar-refractivity contribution in [2.24, 2.45) is 5.92 Å². The molecule has 2 fully saturated rings. The number of hydrogen-bond acceptors (Lipinski definition) is 5. The van der Waals surface area contributed by atoms with Gasteiger partial charge in [-0.1, -0.05) is 61.3 Å². The van der Waals surface area contributed by atoms with E-state index in [0.717, 1.165) is 62.1 Å². The molecule has 3 aliphatic rings. The van der Waals surface area contributed by atoms with E-state index in [4.69, 9.17) is 27.9 Å². The molecule has 4 amide bonds. The Balaban J connectivity index is 1.18. The number of fused-ring (bicyclic) bond motifs is 1. The van der Waals surface area contributed by atoms with Crippen LogP contribution in [-0.2, 0) is 22.4 Å². The van der Waals surface area contributed by atoms with Crippen molar-refractivity contribution in [3.8, 4) is 0 Å². The maximum absolute atomic E-state index is 13.9. The highest BCUT2D eigenvalue weighted by Crippen LogP contribution is 2.27. The first-order valence-corrected chi connectivity index (χ1v) is 17.6. The summed E-state index contributed by atoms with van der Waals surface area (Å²) in [6.07, 6.45) is 3.84. The molecule has 0 spiro atoms. The molecule has 0 aliphatic carbocycles. The number of hydrogen-bond donors (Lipinski definition) is 1. The van der Waals surface area contributed by atoms with E-state index in [2.05, 4.69) is 24.1 Å². The van der Waals surface area contributed by atoms with Crippen LogP contribution in [0.25, 0.3) is 0 Å². The van der Waals surface area contributed by atoms with Gasteiger partial charge in [-0.05, 0) is 93.4 Å². The van der Waals surface area contributed by atoms with Gasteiger partial charge in [0.05, 0.1) is 10.0 Å². The van der Waals surface area contributed by atoms with Crippen molar-refractivity contribution in [3.63, 3.8) is 0 Å². The van der Waals surface area contributed by atoms with Crippen LogP contribution in [0.15, 0.2) is 42.5 Å². The lowest BCUT2D eigenvalue weighted by Gasteiger charge is -2.38. The van der Waals surface area contributed by atoms with Crippen LogP contribution in [0.3, 0.4) is 0 Å². The fourth-order valence-corrected chi connectivity index (χ4v) is 7.23. The summed E-state index contributed by atoms with van der Waals surface area (Å²) in [7, 11) is 0. The minimum Gasteiger partial charge on any atom is -0.436 e. The van der Waals surface area contributed by atoms with E-state index in [1.807, 2.05) is 40.1 Å². The van der Waals surface area contributed by atoms with E-state index < -0.39 is 12.2 Å². The summed E-state index contributed by atoms with van der Waals surface area (Å²) in [4.78, 5) is 48.3. The highest BCUT2D eigenvalue weighted by Gasteiger charge is 2.35. The number of nitrogens with zero attached hydrogens (tertiary/aromatic N) is 4. The summed E-state index contributed by atoms with van der Waals surface area (Å²) in [5.74, 6) is 0.416. The minimum absolute atomic E-state index is 0.0232. The minimum atomic E-state index is -0.968. The Bertz CT molecular complexity index is 1360. The molecule has 46 heavy (non-hydrogen) atoms. The topological polar surface area (TPSA) is 85.4 Å². The quantitative estimate of drug-likeness (QED) is 0.309. The maximum atomic E-state index is 13.9. The molecule has 250 valence electrons. The highest BCUT2D eigenvalue weighted by molar-refractivity contribution is 6.42. The van der Waals surface area contributed by atoms with Gasteiger partial charge in [-0.2, -0.15) is 0 Å². The first-order valence-electron chi connectivity index (χ1n) is 16.8. The van der Waals surface area contributed by atoms with E-state index in [-0.39, 0.29) is 24.4 Å². The normalized spacial score (nSPS) is 18.6. The molecular weight excluding hydrogens is 625 g/mol. The number of carbonyl (C=O) groups is 3. The third-order valence-electron chi connectivity index (χ3n) is 9.90. The number of likely N-dealkylation sites (tertiary alicyclic amines) is 2. The highest BCUT2D eigenvalue weighted by atomic mass is 35.5. The summed E-state index contributed by atoms with van der Waals surface area (Å²) < 4.78 is 6.00. The van der Waals surface area contributed by atoms with Crippen LogP contribution in [0, 0.1) is 5.92 Å². The van der Waals surface area contributed by atoms with Gasteiger partial charge in [-0.15, -0.1) is 0 Å². The number of halogens is 2. The SMILES string of the molecule is CCN(CC)CCC1CCN(C(=O)[C@@H](Cc2ccc(Cl)c(Cl)c2)OC(=O)N2CCC(N3CCc4ccccc4NC3=O)CC2)CC1. The second-order valence-electron chi connectivity index (χ2n) is 12.7. The van der Waals surface area contributed by atoms with Crippen LogP contribution < -0.4 is 5.32 Å². The third kappa shape index (κ3) is 8.66. The summed E-state index contributed by atoms with van der Waals surface area (Å²) in [5, 5.41) is 3.87. The van der Waals surface area contributed by atoms with Crippen LogP contribution >= 0.6 is 23.2 Å². The van der Waals surface area contributed by atoms with Crippen LogP contribution in [0.4, 0.5) is 15.3 Å². The van der Waals surface area contributed by atoms with Gasteiger partial charge in [0.15, 0.2) is 6.10 Å². The molecule has 5 rings (SSSR count). The number of ether oxygens (including phenoxy) is 1. The molecule has 0 radical (unpaired) electrons. The molecule has 9 nitrogen and oxygen atoms in total. The molecule has 0 bridgehead atoms. The standard InChI is InChI=1S/C35H47Cl2N5O4/c1-3-39(4-2)17-11-25-12-18-40(19-13-25)33(43)32(24-26-9-10-29(36)30(37)23-26)46-35(45)41-20-15-28(16-21-41)42-22-14-27-7-5-6-8-31(27)38-34(42)44/h5-10,23,25,28,32H,3-4,11-22,24H2,1-2H3,(H,38,44)/t32-/m1/s1. The zero-order valence-corrected chi connectivity index (χ0v) is 28.6. The number of rotatable bonds is 10. The molecule has 2 saturated heterocycles. The van der Waals surface area contributed by atoms with Crippen LogP contribution in [0.1, 0.15) is 57.1 Å². The van der Waals surface area contributed by atoms with E-state index in [9.17, 15) is 14.4 Å². The first kappa shape index (κ1) is 34.3. The monoisotopic (exact) mass is 671 g/mol. The predicted octanol–water partition coefficient (Wildman–Crippen LogP) is 6.57. The van der Waals surface area contributed by atoms with E-state index in [1.165, 1.54) is 0 Å². The lowest BCUT2D eigenvalue weighted by atomic mass is 9.92. The van der Waals surface area contributed by atoms with Gasteiger partial charge in [0.1, 0.15) is 0 Å². The molecule has 1 atom stereocenters. The summed E-state index contributed by atoms with van der Waals surface area (Å²) >= 11 is 12.4. The van der Waals surface area contributed by atoms with Crippen molar-refractivity contribution in [3.05, 3.63) is 63.6 Å². The van der Waals surface area contributed by atoms with Crippen molar-refractivity contribution in [2.75, 3.05) is 57.7 Å². The van der Waals surface area contributed by atoms with Gasteiger partial charge in [0, 0.05) is 50.9 Å². The summed E-state index contributed by atoms with van der Waals surface area (Å²) in [5.41, 5.74) is 2.76. The maximum Gasteiger partial charge on any atom is 0.410 e. The Kier molecular flexibility index (Phi) is 12.1. The molecule has 3 aliphatic heterocycles. The molecule has 2 aromatic carbocycles. The van der Waals surface area contributed by atoms with Gasteiger partial charge in [0.2, 0.25) is 0 Å². The molecule has 11 heteroatoms. The second-order valence-corrected chi connectivity index (χ2v) is 13.5. The number of para-hydroxylation sites is 1. The van der Waals surface area contributed by atoms with Crippen molar-refractivity contribution in [1.29, 1.82) is 0 Å². The number of anilines is 1. The zero-order valence-electron chi connectivity index (χ0n) is 27.1.